The molecule has 2 aromatic carbocycles. The van der Waals surface area contributed by atoms with E-state index in [4.69, 9.17) is 0 Å². The van der Waals surface area contributed by atoms with Gasteiger partial charge < -0.3 is 4.90 Å². The first kappa shape index (κ1) is 12.2. The van der Waals surface area contributed by atoms with E-state index < -0.39 is 0 Å². The summed E-state index contributed by atoms with van der Waals surface area (Å²) in [6.07, 6.45) is 3.93. The molecule has 1 heterocycles. The van der Waals surface area contributed by atoms with Crippen LogP contribution in [0.1, 0.15) is 19.3 Å². The van der Waals surface area contributed by atoms with Gasteiger partial charge in [-0.1, -0.05) is 24.3 Å². The van der Waals surface area contributed by atoms with Gasteiger partial charge in [0.15, 0.2) is 0 Å². The maximum Gasteiger partial charge on any atom is 0.123 e. The second kappa shape index (κ2) is 5.43. The van der Waals surface area contributed by atoms with E-state index in [1.165, 1.54) is 37.1 Å². The van der Waals surface area contributed by atoms with Crippen LogP contribution in [0.3, 0.4) is 0 Å². The number of rotatable bonds is 2. The molecule has 1 saturated heterocycles. The average molecular weight is 255 g/mol. The van der Waals surface area contributed by atoms with Gasteiger partial charge in [-0.05, 0) is 54.7 Å². The molecule has 1 aliphatic heterocycles. The van der Waals surface area contributed by atoms with Gasteiger partial charge in [0.25, 0.3) is 0 Å². The molecule has 0 atom stereocenters. The monoisotopic (exact) mass is 255 g/mol. The van der Waals surface area contributed by atoms with Gasteiger partial charge in [0.05, 0.1) is 0 Å². The molecule has 98 valence electrons. The molecular weight excluding hydrogens is 237 g/mol. The smallest absolute Gasteiger partial charge is 0.123 e. The zero-order valence-electron chi connectivity index (χ0n) is 11.0. The second-order valence-corrected chi connectivity index (χ2v) is 5.10. The van der Waals surface area contributed by atoms with Gasteiger partial charge in [-0.15, -0.1) is 0 Å². The number of anilines is 1. The van der Waals surface area contributed by atoms with E-state index >= 15 is 0 Å². The van der Waals surface area contributed by atoms with Gasteiger partial charge in [0, 0.05) is 18.8 Å². The Morgan fingerprint density at radius 2 is 1.21 bits per heavy atom. The second-order valence-electron chi connectivity index (χ2n) is 5.10. The Morgan fingerprint density at radius 1 is 0.684 bits per heavy atom. The molecule has 0 spiro atoms. The van der Waals surface area contributed by atoms with E-state index in [9.17, 15) is 4.39 Å². The lowest BCUT2D eigenvalue weighted by Gasteiger charge is -2.28. The third-order valence-corrected chi connectivity index (χ3v) is 3.77. The fraction of sp³-hybridized carbons (Fsp3) is 0.294. The highest BCUT2D eigenvalue weighted by Gasteiger charge is 2.10. The van der Waals surface area contributed by atoms with E-state index in [1.807, 2.05) is 12.1 Å². The van der Waals surface area contributed by atoms with Crippen LogP contribution in [0.2, 0.25) is 0 Å². The summed E-state index contributed by atoms with van der Waals surface area (Å²) in [7, 11) is 0. The molecule has 0 N–H and O–H groups in total. The minimum Gasteiger partial charge on any atom is -0.372 e. The van der Waals surface area contributed by atoms with Crippen LogP contribution >= 0.6 is 0 Å². The number of hydrogen-bond acceptors (Lipinski definition) is 1. The maximum absolute atomic E-state index is 12.9. The number of halogens is 1. The summed E-state index contributed by atoms with van der Waals surface area (Å²) >= 11 is 0. The first-order valence-electron chi connectivity index (χ1n) is 6.94. The summed E-state index contributed by atoms with van der Waals surface area (Å²) in [5.74, 6) is -0.186. The van der Waals surface area contributed by atoms with Gasteiger partial charge >= 0.3 is 0 Å². The van der Waals surface area contributed by atoms with Crippen LogP contribution in [0.5, 0.6) is 0 Å². The van der Waals surface area contributed by atoms with Crippen LogP contribution in [-0.2, 0) is 0 Å². The first-order chi connectivity index (χ1) is 9.33. The number of nitrogens with zero attached hydrogens (tertiary/aromatic N) is 1. The van der Waals surface area contributed by atoms with Gasteiger partial charge in [0.2, 0.25) is 0 Å². The number of hydrogen-bond donors (Lipinski definition) is 0. The molecule has 3 rings (SSSR count). The molecule has 19 heavy (non-hydrogen) atoms. The Morgan fingerprint density at radius 3 is 1.79 bits per heavy atom. The molecule has 1 aliphatic rings. The summed E-state index contributed by atoms with van der Waals surface area (Å²) in [6.45, 7) is 2.33. The highest BCUT2D eigenvalue weighted by molar-refractivity contribution is 5.66. The summed E-state index contributed by atoms with van der Waals surface area (Å²) in [5.41, 5.74) is 3.50. The lowest BCUT2D eigenvalue weighted by molar-refractivity contribution is 0.578. The van der Waals surface area contributed by atoms with Crippen LogP contribution in [0, 0.1) is 5.82 Å². The minimum atomic E-state index is -0.186. The Kier molecular flexibility index (Phi) is 3.49. The Bertz CT molecular complexity index is 524. The standard InChI is InChI=1S/C17H18FN/c18-16-8-4-14(5-9-16)15-6-10-17(11-7-15)19-12-2-1-3-13-19/h4-11H,1-3,12-13H2. The van der Waals surface area contributed by atoms with E-state index in [-0.39, 0.29) is 5.82 Å². The fourth-order valence-corrected chi connectivity index (χ4v) is 2.66. The third-order valence-electron chi connectivity index (χ3n) is 3.77. The summed E-state index contributed by atoms with van der Waals surface area (Å²) < 4.78 is 12.9. The Labute approximate surface area is 113 Å². The zero-order valence-corrected chi connectivity index (χ0v) is 11.0. The van der Waals surface area contributed by atoms with E-state index in [2.05, 4.69) is 29.2 Å². The van der Waals surface area contributed by atoms with Crippen molar-refractivity contribution < 1.29 is 4.39 Å². The highest BCUT2D eigenvalue weighted by atomic mass is 19.1. The predicted octanol–water partition coefficient (Wildman–Crippen LogP) is 4.48. The highest BCUT2D eigenvalue weighted by Crippen LogP contribution is 2.25. The van der Waals surface area contributed by atoms with Gasteiger partial charge in [-0.25, -0.2) is 4.39 Å². The predicted molar refractivity (Wildman–Crippen MR) is 77.9 cm³/mol. The lowest BCUT2D eigenvalue weighted by Crippen LogP contribution is -2.29. The van der Waals surface area contributed by atoms with Crippen LogP contribution in [-0.4, -0.2) is 13.1 Å². The quantitative estimate of drug-likeness (QED) is 0.764. The zero-order chi connectivity index (χ0) is 13.1. The van der Waals surface area contributed by atoms with Crippen LogP contribution in [0.15, 0.2) is 48.5 Å². The van der Waals surface area contributed by atoms with Crippen LogP contribution in [0.4, 0.5) is 10.1 Å². The van der Waals surface area contributed by atoms with Crippen molar-refractivity contribution in [3.63, 3.8) is 0 Å². The van der Waals surface area contributed by atoms with Crippen LogP contribution in [0.25, 0.3) is 11.1 Å². The SMILES string of the molecule is Fc1ccc(-c2ccc(N3CCCCC3)cc2)cc1. The maximum atomic E-state index is 12.9. The van der Waals surface area contributed by atoms with Crippen molar-refractivity contribution in [2.75, 3.05) is 18.0 Å². The summed E-state index contributed by atoms with van der Waals surface area (Å²) in [4.78, 5) is 2.44. The van der Waals surface area contributed by atoms with Crippen molar-refractivity contribution >= 4 is 5.69 Å². The average Bonchev–Trinajstić information content (AvgIpc) is 2.49. The van der Waals surface area contributed by atoms with Gasteiger partial charge in [-0.2, -0.15) is 0 Å². The molecule has 2 heteroatoms. The molecule has 0 saturated carbocycles. The molecule has 0 radical (unpaired) electrons. The van der Waals surface area contributed by atoms with Crippen LogP contribution < -0.4 is 4.90 Å². The molecule has 1 nitrogen and oxygen atoms in total. The van der Waals surface area contributed by atoms with Crippen molar-refractivity contribution in [2.24, 2.45) is 0 Å². The number of piperidine rings is 1. The molecule has 1 fully saturated rings. The minimum absolute atomic E-state index is 0.186. The van der Waals surface area contributed by atoms with E-state index in [0.717, 1.165) is 24.2 Å². The van der Waals surface area contributed by atoms with E-state index in [1.54, 1.807) is 0 Å². The Hall–Kier alpha value is -1.83. The molecule has 0 unspecified atom stereocenters. The van der Waals surface area contributed by atoms with E-state index in [0.29, 0.717) is 0 Å². The molecular formula is C17H18FN. The molecule has 0 amide bonds. The topological polar surface area (TPSA) is 3.24 Å². The summed E-state index contributed by atoms with van der Waals surface area (Å²) in [6, 6.07) is 15.3. The third kappa shape index (κ3) is 2.78. The van der Waals surface area contributed by atoms with Crippen molar-refractivity contribution in [2.45, 2.75) is 19.3 Å². The molecule has 0 aliphatic carbocycles. The van der Waals surface area contributed by atoms with Crippen molar-refractivity contribution in [1.29, 1.82) is 0 Å². The summed E-state index contributed by atoms with van der Waals surface area (Å²) in [5, 5.41) is 0. The molecule has 0 aromatic heterocycles. The fourth-order valence-electron chi connectivity index (χ4n) is 2.66. The normalized spacial score (nSPS) is 15.5. The first-order valence-corrected chi connectivity index (χ1v) is 6.94. The van der Waals surface area contributed by atoms with Crippen molar-refractivity contribution in [1.82, 2.24) is 0 Å². The Balaban J connectivity index is 1.80. The van der Waals surface area contributed by atoms with Crippen molar-refractivity contribution in [3.05, 3.63) is 54.3 Å². The lowest BCUT2D eigenvalue weighted by atomic mass is 10.0. The molecule has 2 aromatic rings. The van der Waals surface area contributed by atoms with Gasteiger partial charge in [0.1, 0.15) is 5.82 Å². The number of benzene rings is 2. The molecule has 0 bridgehead atoms. The largest absolute Gasteiger partial charge is 0.372 e. The van der Waals surface area contributed by atoms with Gasteiger partial charge in [-0.3, -0.25) is 0 Å². The van der Waals surface area contributed by atoms with Crippen molar-refractivity contribution in [3.8, 4) is 11.1 Å².